The minimum atomic E-state index is -1.66. The predicted molar refractivity (Wildman–Crippen MR) is 123 cm³/mol. The molecule has 0 aliphatic heterocycles. The van der Waals surface area contributed by atoms with E-state index >= 15 is 0 Å². The fourth-order valence-electron chi connectivity index (χ4n) is 3.49. The maximum atomic E-state index is 14.6. The van der Waals surface area contributed by atoms with Crippen molar-refractivity contribution in [3.63, 3.8) is 0 Å². The van der Waals surface area contributed by atoms with E-state index in [0.717, 1.165) is 23.4 Å². The van der Waals surface area contributed by atoms with Crippen LogP contribution >= 0.6 is 11.8 Å². The summed E-state index contributed by atoms with van der Waals surface area (Å²) < 4.78 is 29.5. The van der Waals surface area contributed by atoms with Crippen LogP contribution in [0.3, 0.4) is 0 Å². The molecular weight excluding hydrogens is 434 g/mol. The molecule has 0 radical (unpaired) electrons. The quantitative estimate of drug-likeness (QED) is 0.478. The van der Waals surface area contributed by atoms with E-state index in [0.29, 0.717) is 12.2 Å². The summed E-state index contributed by atoms with van der Waals surface area (Å²) in [6, 6.07) is 10.8. The van der Waals surface area contributed by atoms with Gasteiger partial charge in [-0.05, 0) is 35.9 Å². The minimum Gasteiger partial charge on any atom is -0.388 e. The van der Waals surface area contributed by atoms with Crippen molar-refractivity contribution < 1.29 is 19.0 Å². The summed E-state index contributed by atoms with van der Waals surface area (Å²) in [6.45, 7) is 1.74. The molecule has 32 heavy (non-hydrogen) atoms. The number of halogens is 2. The van der Waals surface area contributed by atoms with Gasteiger partial charge in [-0.15, -0.1) is 0 Å². The Kier molecular flexibility index (Phi) is 7.86. The monoisotopic (exact) mass is 462 g/mol. The lowest BCUT2D eigenvalue weighted by atomic mass is 9.90. The molecule has 2 aromatic carbocycles. The molecule has 0 saturated heterocycles. The lowest BCUT2D eigenvalue weighted by Gasteiger charge is -2.34. The second kappa shape index (κ2) is 10.4. The molecule has 172 valence electrons. The van der Waals surface area contributed by atoms with E-state index in [2.05, 4.69) is 10.1 Å². The fourth-order valence-corrected chi connectivity index (χ4v) is 4.68. The number of thioether (sulfide) groups is 1. The van der Waals surface area contributed by atoms with Gasteiger partial charge >= 0.3 is 0 Å². The van der Waals surface area contributed by atoms with Crippen LogP contribution in [0.5, 0.6) is 0 Å². The molecular formula is C23H28F2N4O2S. The number of hydrogen-bond donors (Lipinski definition) is 2. The zero-order valence-electron chi connectivity index (χ0n) is 18.3. The van der Waals surface area contributed by atoms with Gasteiger partial charge < -0.3 is 15.1 Å². The number of aliphatic hydroxyl groups is 2. The maximum absolute atomic E-state index is 14.6. The Bertz CT molecular complexity index is 1000. The van der Waals surface area contributed by atoms with Gasteiger partial charge in [-0.2, -0.15) is 16.9 Å². The van der Waals surface area contributed by atoms with Crippen molar-refractivity contribution in [3.8, 4) is 0 Å². The van der Waals surface area contributed by atoms with Crippen molar-refractivity contribution in [2.45, 2.75) is 36.8 Å². The van der Waals surface area contributed by atoms with Gasteiger partial charge in [0, 0.05) is 36.7 Å². The van der Waals surface area contributed by atoms with E-state index in [9.17, 15) is 19.0 Å². The molecule has 1 aromatic heterocycles. The van der Waals surface area contributed by atoms with Crippen LogP contribution in [0.25, 0.3) is 0 Å². The molecule has 0 aliphatic rings. The van der Waals surface area contributed by atoms with Crippen LogP contribution < -0.4 is 4.90 Å². The van der Waals surface area contributed by atoms with Gasteiger partial charge in [0.25, 0.3) is 0 Å². The molecule has 0 amide bonds. The summed E-state index contributed by atoms with van der Waals surface area (Å²) in [7, 11) is 3.90. The second-order valence-electron chi connectivity index (χ2n) is 7.94. The fraction of sp³-hybridized carbons (Fsp3) is 0.391. The number of rotatable bonds is 10. The Morgan fingerprint density at radius 3 is 2.47 bits per heavy atom. The first-order chi connectivity index (χ1) is 15.2. The van der Waals surface area contributed by atoms with Gasteiger partial charge in [0.2, 0.25) is 0 Å². The number of benzene rings is 2. The van der Waals surface area contributed by atoms with Gasteiger partial charge in [0.05, 0.1) is 12.6 Å². The molecule has 3 aromatic rings. The highest BCUT2D eigenvalue weighted by Gasteiger charge is 2.39. The van der Waals surface area contributed by atoms with Gasteiger partial charge in [-0.1, -0.05) is 25.1 Å². The summed E-state index contributed by atoms with van der Waals surface area (Å²) in [5, 5.41) is 25.6. The molecule has 0 spiro atoms. The molecule has 0 bridgehead atoms. The number of nitrogens with zero attached hydrogens (tertiary/aromatic N) is 4. The van der Waals surface area contributed by atoms with Crippen molar-refractivity contribution in [2.75, 3.05) is 24.7 Å². The first-order valence-electron chi connectivity index (χ1n) is 10.3. The Morgan fingerprint density at radius 1 is 1.16 bits per heavy atom. The highest BCUT2D eigenvalue weighted by molar-refractivity contribution is 7.99. The van der Waals surface area contributed by atoms with Gasteiger partial charge in [0.15, 0.2) is 0 Å². The van der Waals surface area contributed by atoms with Crippen molar-refractivity contribution in [1.29, 1.82) is 0 Å². The third-order valence-electron chi connectivity index (χ3n) is 5.49. The van der Waals surface area contributed by atoms with Crippen LogP contribution in [-0.4, -0.2) is 50.1 Å². The Balaban J connectivity index is 1.70. The second-order valence-corrected chi connectivity index (χ2v) is 9.39. The first kappa shape index (κ1) is 24.2. The molecule has 0 unspecified atom stereocenters. The number of aromatic nitrogens is 3. The van der Waals surface area contributed by atoms with Crippen LogP contribution in [-0.2, 0) is 12.1 Å². The zero-order chi connectivity index (χ0) is 23.3. The Hall–Kier alpha value is -2.49. The lowest BCUT2D eigenvalue weighted by molar-refractivity contribution is 0.0133. The van der Waals surface area contributed by atoms with Crippen LogP contribution in [0.15, 0.2) is 55.1 Å². The summed E-state index contributed by atoms with van der Waals surface area (Å²) in [4.78, 5) is 5.86. The van der Waals surface area contributed by atoms with E-state index in [1.54, 1.807) is 6.92 Å². The smallest absolute Gasteiger partial charge is 0.137 e. The summed E-state index contributed by atoms with van der Waals surface area (Å²) in [5.74, 6) is -1.00. The largest absolute Gasteiger partial charge is 0.388 e. The van der Waals surface area contributed by atoms with Gasteiger partial charge in [-0.25, -0.2) is 18.4 Å². The summed E-state index contributed by atoms with van der Waals surface area (Å²) in [6.07, 6.45) is 2.57. The van der Waals surface area contributed by atoms with Gasteiger partial charge in [0.1, 0.15) is 29.9 Å². The SMILES string of the molecule is C[C@@H](SCC[C@@H](O)c1ccc(N(C)C)cc1)[C@](O)(Cn1cncn1)c1ccc(F)cc1F. The Morgan fingerprint density at radius 2 is 1.88 bits per heavy atom. The molecule has 0 saturated carbocycles. The molecule has 9 heteroatoms. The zero-order valence-corrected chi connectivity index (χ0v) is 19.1. The number of hydrogen-bond acceptors (Lipinski definition) is 6. The van der Waals surface area contributed by atoms with Crippen LogP contribution in [0, 0.1) is 11.6 Å². The third-order valence-corrected chi connectivity index (χ3v) is 6.85. The van der Waals surface area contributed by atoms with Crippen LogP contribution in [0.2, 0.25) is 0 Å². The summed E-state index contributed by atoms with van der Waals surface area (Å²) >= 11 is 1.40. The van der Waals surface area contributed by atoms with Crippen molar-refractivity contribution >= 4 is 17.4 Å². The molecule has 3 rings (SSSR count). The molecule has 3 atom stereocenters. The minimum absolute atomic E-state index is 0.00535. The molecule has 1 heterocycles. The number of anilines is 1. The maximum Gasteiger partial charge on any atom is 0.137 e. The molecule has 6 nitrogen and oxygen atoms in total. The first-order valence-corrected chi connectivity index (χ1v) is 11.3. The van der Waals surface area contributed by atoms with Crippen molar-refractivity contribution in [3.05, 3.63) is 77.9 Å². The summed E-state index contributed by atoms with van der Waals surface area (Å²) in [5.41, 5.74) is 0.193. The van der Waals surface area contributed by atoms with Crippen molar-refractivity contribution in [1.82, 2.24) is 14.8 Å². The average molecular weight is 463 g/mol. The van der Waals surface area contributed by atoms with E-state index in [1.165, 1.54) is 35.2 Å². The topological polar surface area (TPSA) is 74.4 Å². The van der Waals surface area contributed by atoms with E-state index in [1.807, 2.05) is 43.3 Å². The highest BCUT2D eigenvalue weighted by atomic mass is 32.2. The Labute approximate surface area is 190 Å². The van der Waals surface area contributed by atoms with Crippen LogP contribution in [0.4, 0.5) is 14.5 Å². The number of aliphatic hydroxyl groups excluding tert-OH is 1. The van der Waals surface area contributed by atoms with Crippen molar-refractivity contribution in [2.24, 2.45) is 0 Å². The lowest BCUT2D eigenvalue weighted by Crippen LogP contribution is -2.41. The van der Waals surface area contributed by atoms with E-state index in [4.69, 9.17) is 0 Å². The standard InChI is InChI=1S/C23H28F2N4O2S/c1-16(32-11-10-22(30)17-4-7-19(8-5-17)28(2)3)23(31,13-29-15-26-14-27-29)20-9-6-18(24)12-21(20)25/h4-9,12,14-16,22,30-31H,10-11,13H2,1-3H3/t16-,22-,23-/m1/s1. The van der Waals surface area contributed by atoms with Crippen LogP contribution in [0.1, 0.15) is 30.6 Å². The van der Waals surface area contributed by atoms with E-state index < -0.39 is 28.6 Å². The highest BCUT2D eigenvalue weighted by Crippen LogP contribution is 2.37. The van der Waals surface area contributed by atoms with Gasteiger partial charge in [-0.3, -0.25) is 0 Å². The molecule has 2 N–H and O–H groups in total. The van der Waals surface area contributed by atoms with E-state index in [-0.39, 0.29) is 12.1 Å². The molecule has 0 aliphatic carbocycles. The molecule has 0 fully saturated rings. The average Bonchev–Trinajstić information content (AvgIpc) is 3.26. The predicted octanol–water partition coefficient (Wildman–Crippen LogP) is 3.76. The third kappa shape index (κ3) is 5.65. The normalized spacial score (nSPS) is 15.2.